The number of amides is 1. The van der Waals surface area contributed by atoms with Gasteiger partial charge in [-0.15, -0.1) is 0 Å². The Balaban J connectivity index is 2.42. The molecule has 0 bridgehead atoms. The lowest BCUT2D eigenvalue weighted by Gasteiger charge is -2.26. The Kier molecular flexibility index (Phi) is 6.50. The fourth-order valence-electron chi connectivity index (χ4n) is 3.14. The molecule has 1 aliphatic carbocycles. The molecule has 0 aliphatic heterocycles. The number of aliphatic carboxylic acids is 1. The molecule has 0 aromatic heterocycles. The average molecular weight is 283 g/mol. The van der Waals surface area contributed by atoms with Gasteiger partial charge in [-0.1, -0.05) is 39.5 Å². The van der Waals surface area contributed by atoms with E-state index in [2.05, 4.69) is 12.2 Å². The number of carboxylic acid groups (broad SMARTS) is 1. The van der Waals surface area contributed by atoms with E-state index in [4.69, 9.17) is 5.11 Å². The van der Waals surface area contributed by atoms with Gasteiger partial charge < -0.3 is 10.4 Å². The molecular weight excluding hydrogens is 254 g/mol. The Labute approximate surface area is 122 Å². The second-order valence-electron chi connectivity index (χ2n) is 7.02. The molecule has 0 saturated heterocycles. The van der Waals surface area contributed by atoms with Gasteiger partial charge in [0.1, 0.15) is 0 Å². The van der Waals surface area contributed by atoms with Gasteiger partial charge in [0.25, 0.3) is 0 Å². The summed E-state index contributed by atoms with van der Waals surface area (Å²) < 4.78 is 0. The first-order chi connectivity index (χ1) is 9.30. The van der Waals surface area contributed by atoms with Crippen LogP contribution in [-0.2, 0) is 9.59 Å². The third-order valence-corrected chi connectivity index (χ3v) is 4.26. The fourth-order valence-corrected chi connectivity index (χ4v) is 3.14. The van der Waals surface area contributed by atoms with Gasteiger partial charge in [-0.2, -0.15) is 0 Å². The number of carbonyl (C=O) groups excluding carboxylic acids is 1. The van der Waals surface area contributed by atoms with Crippen molar-refractivity contribution in [3.8, 4) is 0 Å². The van der Waals surface area contributed by atoms with E-state index in [9.17, 15) is 9.59 Å². The molecule has 1 fully saturated rings. The van der Waals surface area contributed by atoms with Crippen LogP contribution in [0.1, 0.15) is 72.1 Å². The fraction of sp³-hybridized carbons (Fsp3) is 0.875. The zero-order valence-electron chi connectivity index (χ0n) is 13.1. The summed E-state index contributed by atoms with van der Waals surface area (Å²) in [5.41, 5.74) is -0.487. The van der Waals surface area contributed by atoms with Crippen LogP contribution in [0, 0.1) is 11.3 Å². The van der Waals surface area contributed by atoms with E-state index in [0.717, 1.165) is 0 Å². The van der Waals surface area contributed by atoms with Gasteiger partial charge in [0.2, 0.25) is 5.91 Å². The van der Waals surface area contributed by atoms with E-state index in [-0.39, 0.29) is 24.8 Å². The molecule has 20 heavy (non-hydrogen) atoms. The van der Waals surface area contributed by atoms with Crippen molar-refractivity contribution in [2.24, 2.45) is 11.3 Å². The number of rotatable bonds is 6. The average Bonchev–Trinajstić information content (AvgIpc) is 2.53. The number of hydrogen-bond acceptors (Lipinski definition) is 2. The molecule has 1 amide bonds. The van der Waals surface area contributed by atoms with Gasteiger partial charge in [0.15, 0.2) is 0 Å². The predicted molar refractivity (Wildman–Crippen MR) is 79.4 cm³/mol. The number of nitrogens with one attached hydrogen (secondary N) is 1. The third kappa shape index (κ3) is 6.40. The summed E-state index contributed by atoms with van der Waals surface area (Å²) in [4.78, 5) is 22.8. The summed E-state index contributed by atoms with van der Waals surface area (Å²) in [7, 11) is 0. The van der Waals surface area contributed by atoms with Gasteiger partial charge >= 0.3 is 5.97 Å². The lowest BCUT2D eigenvalue weighted by Crippen LogP contribution is -2.40. The van der Waals surface area contributed by atoms with Crippen LogP contribution in [0.25, 0.3) is 0 Å². The summed E-state index contributed by atoms with van der Waals surface area (Å²) in [6, 6.07) is 0.196. The molecular formula is C16H29NO3. The standard InChI is InChI=1S/C16H29NO3/c1-12(13-8-6-4-5-7-9-13)17-14(18)10-16(2,3)11-15(19)20/h12-13H,4-11H2,1-3H3,(H,17,18)(H,19,20)/t12-/m1/s1. The SMILES string of the molecule is C[C@@H](NC(=O)CC(C)(C)CC(=O)O)C1CCCCCC1. The van der Waals surface area contributed by atoms with Gasteiger partial charge in [-0.05, 0) is 31.1 Å². The molecule has 4 nitrogen and oxygen atoms in total. The first-order valence-corrected chi connectivity index (χ1v) is 7.81. The van der Waals surface area contributed by atoms with Crippen LogP contribution in [0.15, 0.2) is 0 Å². The van der Waals surface area contributed by atoms with Gasteiger partial charge in [-0.25, -0.2) is 0 Å². The highest BCUT2D eigenvalue weighted by atomic mass is 16.4. The molecule has 0 heterocycles. The minimum absolute atomic E-state index is 0.0204. The molecule has 1 rings (SSSR count). The Morgan fingerprint density at radius 1 is 1.15 bits per heavy atom. The lowest BCUT2D eigenvalue weighted by atomic mass is 9.85. The van der Waals surface area contributed by atoms with Crippen molar-refractivity contribution >= 4 is 11.9 Å². The monoisotopic (exact) mass is 283 g/mol. The predicted octanol–water partition coefficient (Wildman–Crippen LogP) is 3.35. The molecule has 1 aliphatic rings. The Morgan fingerprint density at radius 2 is 1.70 bits per heavy atom. The van der Waals surface area contributed by atoms with E-state index < -0.39 is 11.4 Å². The van der Waals surface area contributed by atoms with E-state index in [1.54, 1.807) is 0 Å². The zero-order valence-corrected chi connectivity index (χ0v) is 13.1. The highest BCUT2D eigenvalue weighted by molar-refractivity contribution is 5.78. The van der Waals surface area contributed by atoms with Gasteiger partial charge in [0, 0.05) is 12.5 Å². The van der Waals surface area contributed by atoms with Crippen LogP contribution in [0.3, 0.4) is 0 Å². The minimum atomic E-state index is -0.848. The maximum absolute atomic E-state index is 12.1. The molecule has 1 atom stereocenters. The van der Waals surface area contributed by atoms with Crippen LogP contribution in [-0.4, -0.2) is 23.0 Å². The Morgan fingerprint density at radius 3 is 2.20 bits per heavy atom. The Hall–Kier alpha value is -1.06. The number of hydrogen-bond donors (Lipinski definition) is 2. The first kappa shape index (κ1) is 17.0. The van der Waals surface area contributed by atoms with Crippen LogP contribution in [0.4, 0.5) is 0 Å². The van der Waals surface area contributed by atoms with Crippen molar-refractivity contribution in [3.63, 3.8) is 0 Å². The van der Waals surface area contributed by atoms with Gasteiger partial charge in [-0.3, -0.25) is 9.59 Å². The van der Waals surface area contributed by atoms with Crippen molar-refractivity contribution < 1.29 is 14.7 Å². The van der Waals surface area contributed by atoms with Crippen molar-refractivity contribution in [3.05, 3.63) is 0 Å². The minimum Gasteiger partial charge on any atom is -0.481 e. The van der Waals surface area contributed by atoms with Crippen molar-refractivity contribution in [2.45, 2.75) is 78.2 Å². The molecule has 0 unspecified atom stereocenters. The summed E-state index contributed by atoms with van der Waals surface area (Å²) in [5.74, 6) is -0.295. The van der Waals surface area contributed by atoms with Crippen molar-refractivity contribution in [1.29, 1.82) is 0 Å². The largest absolute Gasteiger partial charge is 0.481 e. The second-order valence-corrected chi connectivity index (χ2v) is 7.02. The third-order valence-electron chi connectivity index (χ3n) is 4.26. The summed E-state index contributed by atoms with van der Waals surface area (Å²) in [6.45, 7) is 5.74. The summed E-state index contributed by atoms with van der Waals surface area (Å²) in [6.07, 6.45) is 7.82. The molecule has 1 saturated carbocycles. The molecule has 0 radical (unpaired) electrons. The number of carboxylic acids is 1. The van der Waals surface area contributed by atoms with Crippen LogP contribution in [0.2, 0.25) is 0 Å². The molecule has 4 heteroatoms. The number of carbonyl (C=O) groups is 2. The Bertz CT molecular complexity index is 331. The summed E-state index contributed by atoms with van der Waals surface area (Å²) in [5, 5.41) is 11.9. The van der Waals surface area contributed by atoms with E-state index in [1.165, 1.54) is 38.5 Å². The van der Waals surface area contributed by atoms with E-state index >= 15 is 0 Å². The quantitative estimate of drug-likeness (QED) is 0.735. The highest BCUT2D eigenvalue weighted by Crippen LogP contribution is 2.27. The van der Waals surface area contributed by atoms with Crippen LogP contribution in [0.5, 0.6) is 0 Å². The second kappa shape index (κ2) is 7.65. The highest BCUT2D eigenvalue weighted by Gasteiger charge is 2.27. The van der Waals surface area contributed by atoms with Crippen LogP contribution >= 0.6 is 0 Å². The smallest absolute Gasteiger partial charge is 0.303 e. The topological polar surface area (TPSA) is 66.4 Å². The lowest BCUT2D eigenvalue weighted by molar-refractivity contribution is -0.139. The summed E-state index contributed by atoms with van der Waals surface area (Å²) >= 11 is 0. The maximum Gasteiger partial charge on any atom is 0.303 e. The normalized spacial score (nSPS) is 19.1. The van der Waals surface area contributed by atoms with E-state index in [0.29, 0.717) is 5.92 Å². The van der Waals surface area contributed by atoms with E-state index in [1.807, 2.05) is 13.8 Å². The van der Waals surface area contributed by atoms with Gasteiger partial charge in [0.05, 0.1) is 6.42 Å². The van der Waals surface area contributed by atoms with Crippen molar-refractivity contribution in [1.82, 2.24) is 5.32 Å². The van der Waals surface area contributed by atoms with Crippen LogP contribution < -0.4 is 5.32 Å². The molecule has 0 aromatic rings. The zero-order chi connectivity index (χ0) is 15.2. The molecule has 0 spiro atoms. The molecule has 2 N–H and O–H groups in total. The molecule has 116 valence electrons. The maximum atomic E-state index is 12.1. The van der Waals surface area contributed by atoms with Crippen molar-refractivity contribution in [2.75, 3.05) is 0 Å². The first-order valence-electron chi connectivity index (χ1n) is 7.81. The molecule has 0 aromatic carbocycles.